The molecule has 1 atom stereocenters. The molecular weight excluding hydrogens is 262 g/mol. The van der Waals surface area contributed by atoms with Crippen LogP contribution in [-0.4, -0.2) is 17.4 Å². The van der Waals surface area contributed by atoms with E-state index in [1.54, 1.807) is 0 Å². The molecule has 1 aromatic rings. The number of halogens is 5. The lowest BCUT2D eigenvalue weighted by Crippen LogP contribution is -2.20. The second-order valence-electron chi connectivity index (χ2n) is 3.45. The van der Waals surface area contributed by atoms with Crippen LogP contribution in [0.4, 0.5) is 22.0 Å². The van der Waals surface area contributed by atoms with Crippen LogP contribution in [0.1, 0.15) is 17.2 Å². The van der Waals surface area contributed by atoms with Crippen LogP contribution in [-0.2, 0) is 4.65 Å². The molecule has 0 radical (unpaired) electrons. The first kappa shape index (κ1) is 13.0. The highest BCUT2D eigenvalue weighted by atomic mass is 19.2. The van der Waals surface area contributed by atoms with Gasteiger partial charge in [-0.05, 0) is 6.07 Å². The summed E-state index contributed by atoms with van der Waals surface area (Å²) in [6.07, 6.45) is -2.04. The van der Waals surface area contributed by atoms with E-state index in [1.807, 2.05) is 0 Å². The SMILES string of the molecule is OB(O)OC1C(F)=C(F)c2c1cc(F)c(F)c2F. The fraction of sp³-hybridized carbons (Fsp3) is 0.111. The third-order valence-corrected chi connectivity index (χ3v) is 2.39. The van der Waals surface area contributed by atoms with Crippen LogP contribution in [0.15, 0.2) is 11.9 Å². The van der Waals surface area contributed by atoms with E-state index in [9.17, 15) is 22.0 Å². The minimum absolute atomic E-state index is 0.326. The molecule has 0 amide bonds. The van der Waals surface area contributed by atoms with Crippen molar-refractivity contribution in [2.24, 2.45) is 0 Å². The van der Waals surface area contributed by atoms with E-state index in [0.29, 0.717) is 6.07 Å². The largest absolute Gasteiger partial charge is 0.634 e. The third-order valence-electron chi connectivity index (χ3n) is 2.39. The van der Waals surface area contributed by atoms with Crippen molar-refractivity contribution < 1.29 is 36.7 Å². The van der Waals surface area contributed by atoms with E-state index in [4.69, 9.17) is 10.0 Å². The first-order valence-corrected chi connectivity index (χ1v) is 4.59. The van der Waals surface area contributed by atoms with Gasteiger partial charge in [-0.25, -0.2) is 22.0 Å². The summed E-state index contributed by atoms with van der Waals surface area (Å²) in [6.45, 7) is 0. The molecule has 0 saturated carbocycles. The Labute approximate surface area is 97.3 Å². The Morgan fingerprint density at radius 1 is 1.06 bits per heavy atom. The van der Waals surface area contributed by atoms with E-state index in [0.717, 1.165) is 0 Å². The van der Waals surface area contributed by atoms with E-state index in [2.05, 4.69) is 4.65 Å². The van der Waals surface area contributed by atoms with Crippen LogP contribution in [0.3, 0.4) is 0 Å². The van der Waals surface area contributed by atoms with Crippen LogP contribution in [0.5, 0.6) is 0 Å². The Morgan fingerprint density at radius 2 is 1.67 bits per heavy atom. The quantitative estimate of drug-likeness (QED) is 0.487. The van der Waals surface area contributed by atoms with Crippen molar-refractivity contribution in [3.63, 3.8) is 0 Å². The normalized spacial score (nSPS) is 18.3. The highest BCUT2D eigenvalue weighted by Crippen LogP contribution is 2.46. The second kappa shape index (κ2) is 4.34. The number of benzene rings is 1. The Balaban J connectivity index is 2.62. The van der Waals surface area contributed by atoms with Crippen LogP contribution in [0.2, 0.25) is 0 Å². The standard InChI is InChI=1S/C9H4BF5O3/c11-3-1-2-4(6(13)5(3)12)7(14)8(15)9(2)18-10(16)17/h1,9,16-17H. The van der Waals surface area contributed by atoms with Crippen LogP contribution < -0.4 is 0 Å². The Kier molecular flexibility index (Phi) is 3.13. The van der Waals surface area contributed by atoms with Gasteiger partial charge in [0, 0.05) is 5.56 Å². The lowest BCUT2D eigenvalue weighted by molar-refractivity contribution is 0.127. The lowest BCUT2D eigenvalue weighted by atomic mass is 10.1. The van der Waals surface area contributed by atoms with Crippen molar-refractivity contribution in [2.45, 2.75) is 6.10 Å². The molecule has 1 aliphatic rings. The van der Waals surface area contributed by atoms with Gasteiger partial charge in [0.25, 0.3) is 0 Å². The predicted molar refractivity (Wildman–Crippen MR) is 49.5 cm³/mol. The predicted octanol–water partition coefficient (Wildman–Crippen LogP) is 1.75. The highest BCUT2D eigenvalue weighted by molar-refractivity contribution is 6.32. The summed E-state index contributed by atoms with van der Waals surface area (Å²) in [7, 11) is -2.49. The summed E-state index contributed by atoms with van der Waals surface area (Å²) in [4.78, 5) is 0. The average molecular weight is 266 g/mol. The van der Waals surface area contributed by atoms with Crippen molar-refractivity contribution in [3.05, 3.63) is 40.5 Å². The Bertz CT molecular complexity index is 545. The van der Waals surface area contributed by atoms with E-state index < -0.39 is 53.7 Å². The van der Waals surface area contributed by atoms with Gasteiger partial charge in [0.15, 0.2) is 29.1 Å². The number of hydrogen-bond donors (Lipinski definition) is 2. The average Bonchev–Trinajstić information content (AvgIpc) is 2.51. The molecular formula is C9H4BF5O3. The minimum Gasteiger partial charge on any atom is -0.402 e. The lowest BCUT2D eigenvalue weighted by Gasteiger charge is -2.13. The fourth-order valence-electron chi connectivity index (χ4n) is 1.67. The van der Waals surface area contributed by atoms with Crippen molar-refractivity contribution in [2.75, 3.05) is 0 Å². The molecule has 1 unspecified atom stereocenters. The van der Waals surface area contributed by atoms with Gasteiger partial charge >= 0.3 is 7.32 Å². The zero-order valence-electron chi connectivity index (χ0n) is 8.42. The minimum atomic E-state index is -2.49. The van der Waals surface area contributed by atoms with Gasteiger partial charge in [-0.3, -0.25) is 0 Å². The zero-order valence-corrected chi connectivity index (χ0v) is 8.42. The molecule has 0 spiro atoms. The number of hydrogen-bond acceptors (Lipinski definition) is 3. The molecule has 0 bridgehead atoms. The van der Waals surface area contributed by atoms with Gasteiger partial charge < -0.3 is 14.7 Å². The molecule has 0 heterocycles. The van der Waals surface area contributed by atoms with Crippen molar-refractivity contribution in [1.82, 2.24) is 0 Å². The molecule has 0 fully saturated rings. The Hall–Kier alpha value is -1.45. The molecule has 1 aromatic carbocycles. The molecule has 2 N–H and O–H groups in total. The molecule has 0 saturated heterocycles. The van der Waals surface area contributed by atoms with Gasteiger partial charge in [-0.15, -0.1) is 0 Å². The number of fused-ring (bicyclic) bond motifs is 1. The van der Waals surface area contributed by atoms with E-state index >= 15 is 0 Å². The maximum atomic E-state index is 13.3. The van der Waals surface area contributed by atoms with Gasteiger partial charge in [0.05, 0.1) is 5.56 Å². The molecule has 9 heteroatoms. The summed E-state index contributed by atoms with van der Waals surface area (Å²) in [5.74, 6) is -9.00. The first-order chi connectivity index (χ1) is 8.34. The fourth-order valence-corrected chi connectivity index (χ4v) is 1.67. The van der Waals surface area contributed by atoms with Crippen molar-refractivity contribution in [3.8, 4) is 0 Å². The van der Waals surface area contributed by atoms with E-state index in [1.165, 1.54) is 0 Å². The molecule has 0 aromatic heterocycles. The summed E-state index contributed by atoms with van der Waals surface area (Å²) in [5.41, 5.74) is -1.83. The summed E-state index contributed by atoms with van der Waals surface area (Å²) in [6, 6.07) is 0.326. The number of rotatable bonds is 2. The topological polar surface area (TPSA) is 49.7 Å². The van der Waals surface area contributed by atoms with Gasteiger partial charge in [0.1, 0.15) is 6.10 Å². The third kappa shape index (κ3) is 1.80. The molecule has 2 rings (SSSR count). The van der Waals surface area contributed by atoms with Crippen LogP contribution in [0.25, 0.3) is 5.83 Å². The van der Waals surface area contributed by atoms with Crippen molar-refractivity contribution >= 4 is 13.1 Å². The summed E-state index contributed by atoms with van der Waals surface area (Å²) in [5, 5.41) is 17.0. The second-order valence-corrected chi connectivity index (χ2v) is 3.45. The van der Waals surface area contributed by atoms with Crippen molar-refractivity contribution in [1.29, 1.82) is 0 Å². The van der Waals surface area contributed by atoms with Gasteiger partial charge in [-0.2, -0.15) is 0 Å². The van der Waals surface area contributed by atoms with Crippen LogP contribution >= 0.6 is 0 Å². The first-order valence-electron chi connectivity index (χ1n) is 4.59. The summed E-state index contributed by atoms with van der Waals surface area (Å²) >= 11 is 0. The van der Waals surface area contributed by atoms with Gasteiger partial charge in [0.2, 0.25) is 0 Å². The molecule has 1 aliphatic carbocycles. The van der Waals surface area contributed by atoms with Crippen LogP contribution in [0, 0.1) is 17.5 Å². The molecule has 96 valence electrons. The van der Waals surface area contributed by atoms with E-state index in [-0.39, 0.29) is 0 Å². The molecule has 18 heavy (non-hydrogen) atoms. The molecule has 0 aliphatic heterocycles. The molecule has 3 nitrogen and oxygen atoms in total. The van der Waals surface area contributed by atoms with Gasteiger partial charge in [-0.1, -0.05) is 0 Å². The maximum Gasteiger partial charge on any atom is 0.634 e. The Morgan fingerprint density at radius 3 is 2.22 bits per heavy atom. The maximum absolute atomic E-state index is 13.3. The smallest absolute Gasteiger partial charge is 0.402 e. The monoisotopic (exact) mass is 266 g/mol. The zero-order chi connectivity index (χ0) is 13.6. The summed E-state index contributed by atoms with van der Waals surface area (Å²) < 4.78 is 69.9. The highest BCUT2D eigenvalue weighted by Gasteiger charge is 2.39.